The maximum Gasteiger partial charge on any atom is 0.210 e. The fraction of sp³-hybridized carbons (Fsp3) is 0.400. The highest BCUT2D eigenvalue weighted by atomic mass is 32.2. The Hall–Kier alpha value is -0.950. The van der Waals surface area contributed by atoms with Gasteiger partial charge in [0.2, 0.25) is 20.6 Å². The normalized spacial score (nSPS) is 8.67. The Morgan fingerprint density at radius 3 is 1.50 bits per heavy atom. The van der Waals surface area contributed by atoms with Gasteiger partial charge in [0.05, 0.1) is 0 Å². The van der Waals surface area contributed by atoms with Crippen LogP contribution in [0.25, 0.3) is 0 Å². The minimum absolute atomic E-state index is 0.260. The fourth-order valence-electron chi connectivity index (χ4n) is 0.405. The van der Waals surface area contributed by atoms with Crippen LogP contribution in [0.3, 0.4) is 0 Å². The molecule has 12 heavy (non-hydrogen) atoms. The first-order valence-corrected chi connectivity index (χ1v) is 5.14. The molecule has 7 heteroatoms. The predicted octanol–water partition coefficient (Wildman–Crippen LogP) is -1.30. The molecule has 0 bridgehead atoms. The van der Waals surface area contributed by atoms with Gasteiger partial charge in [-0.2, -0.15) is 16.8 Å². The van der Waals surface area contributed by atoms with Crippen molar-refractivity contribution in [2.75, 3.05) is 0 Å². The van der Waals surface area contributed by atoms with Crippen LogP contribution in [0.15, 0.2) is 0 Å². The minimum atomic E-state index is -2.36. The maximum absolute atomic E-state index is 10.6. The van der Waals surface area contributed by atoms with E-state index in [0.29, 0.717) is 0 Å². The third kappa shape index (κ3) is 7.16. The van der Waals surface area contributed by atoms with Crippen molar-refractivity contribution in [2.24, 2.45) is 0 Å². The van der Waals surface area contributed by atoms with Crippen LogP contribution in [0.5, 0.6) is 0 Å². The highest BCUT2D eigenvalue weighted by molar-refractivity contribution is 7.71. The lowest BCUT2D eigenvalue weighted by atomic mass is 10.2. The zero-order chi connectivity index (χ0) is 9.56. The van der Waals surface area contributed by atoms with Gasteiger partial charge in [-0.1, -0.05) is 0 Å². The number of ketones is 1. The highest BCUT2D eigenvalue weighted by Crippen LogP contribution is 1.82. The van der Waals surface area contributed by atoms with Crippen molar-refractivity contribution in [3.8, 4) is 0 Å². The van der Waals surface area contributed by atoms with Crippen LogP contribution in [-0.2, 0) is 25.4 Å². The topological polar surface area (TPSA) is 85.3 Å². The van der Waals surface area contributed by atoms with Gasteiger partial charge in [-0.25, -0.2) is 0 Å². The molecule has 0 saturated heterocycles. The zero-order valence-corrected chi connectivity index (χ0v) is 7.56. The van der Waals surface area contributed by atoms with Crippen LogP contribution in [-0.4, -0.2) is 33.4 Å². The lowest BCUT2D eigenvalue weighted by Crippen LogP contribution is -1.99. The fourth-order valence-corrected chi connectivity index (χ4v) is 1.05. The Kier molecular flexibility index (Phi) is 5.22. The van der Waals surface area contributed by atoms with E-state index >= 15 is 0 Å². The molecule has 0 N–H and O–H groups in total. The van der Waals surface area contributed by atoms with Gasteiger partial charge in [0.25, 0.3) is 0 Å². The molecular formula is C5H6O5S2. The Labute approximate surface area is 72.1 Å². The van der Waals surface area contributed by atoms with E-state index in [1.165, 1.54) is 0 Å². The quantitative estimate of drug-likeness (QED) is 0.538. The molecule has 0 aromatic rings. The lowest BCUT2D eigenvalue weighted by molar-refractivity contribution is -0.116. The van der Waals surface area contributed by atoms with Crippen LogP contribution < -0.4 is 0 Å². The molecule has 68 valence electrons. The third-order valence-corrected chi connectivity index (χ3v) is 1.77. The second kappa shape index (κ2) is 5.67. The van der Waals surface area contributed by atoms with Gasteiger partial charge in [-0.05, 0) is 0 Å². The second-order valence-corrected chi connectivity index (χ2v) is 3.51. The summed E-state index contributed by atoms with van der Waals surface area (Å²) in [6.07, 6.45) is -0.520. The molecule has 0 rings (SSSR count). The molecule has 0 aliphatic heterocycles. The first kappa shape index (κ1) is 11.1. The van der Waals surface area contributed by atoms with Gasteiger partial charge >= 0.3 is 0 Å². The van der Waals surface area contributed by atoms with Gasteiger partial charge in [-0.3, -0.25) is 4.79 Å². The average Bonchev–Trinajstić information content (AvgIpc) is 1.96. The Bertz CT molecular complexity index is 355. The molecule has 0 atom stereocenters. The first-order chi connectivity index (χ1) is 5.52. The van der Waals surface area contributed by atoms with Crippen LogP contribution in [0.1, 0.15) is 12.8 Å². The largest absolute Gasteiger partial charge is 0.299 e. The van der Waals surface area contributed by atoms with Gasteiger partial charge in [0, 0.05) is 23.6 Å². The Morgan fingerprint density at radius 2 is 1.25 bits per heavy atom. The molecule has 0 aromatic carbocycles. The van der Waals surface area contributed by atoms with Gasteiger partial charge < -0.3 is 0 Å². The molecule has 0 saturated carbocycles. The minimum Gasteiger partial charge on any atom is -0.299 e. The molecule has 0 unspecified atom stereocenters. The van der Waals surface area contributed by atoms with E-state index in [-0.39, 0.29) is 12.8 Å². The maximum atomic E-state index is 10.6. The summed E-state index contributed by atoms with van der Waals surface area (Å²) < 4.78 is 39.6. The average molecular weight is 210 g/mol. The number of hydrogen-bond acceptors (Lipinski definition) is 5. The molecule has 0 aromatic heterocycles. The monoisotopic (exact) mass is 210 g/mol. The van der Waals surface area contributed by atoms with Crippen molar-refractivity contribution in [1.29, 1.82) is 0 Å². The molecule has 0 radical (unpaired) electrons. The molecule has 0 aliphatic rings. The summed E-state index contributed by atoms with van der Waals surface area (Å²) >= 11 is 0. The van der Waals surface area contributed by atoms with E-state index in [4.69, 9.17) is 0 Å². The van der Waals surface area contributed by atoms with E-state index < -0.39 is 26.4 Å². The van der Waals surface area contributed by atoms with E-state index in [1.807, 2.05) is 0 Å². The summed E-state index contributed by atoms with van der Waals surface area (Å²) in [5.74, 6) is -0.455. The van der Waals surface area contributed by atoms with Crippen molar-refractivity contribution < 1.29 is 21.6 Å². The lowest BCUT2D eigenvalue weighted by Gasteiger charge is -1.83. The number of Topliss-reactive ketones (excluding diaryl/α,β-unsaturated/α-hetero) is 1. The summed E-state index contributed by atoms with van der Waals surface area (Å²) in [5.41, 5.74) is 0. The van der Waals surface area contributed by atoms with Crippen molar-refractivity contribution in [3.63, 3.8) is 0 Å². The van der Waals surface area contributed by atoms with E-state index in [9.17, 15) is 21.6 Å². The van der Waals surface area contributed by atoms with Crippen molar-refractivity contribution in [3.05, 3.63) is 0 Å². The van der Waals surface area contributed by atoms with Crippen LogP contribution in [0.2, 0.25) is 0 Å². The standard InChI is InChI=1S/C5H6O5S2/c6-5(1-3-11(7)8)2-4-12(9)10/h3-4H,1-2H2. The second-order valence-electron chi connectivity index (χ2n) is 1.80. The molecule has 0 fully saturated rings. The molecule has 5 nitrogen and oxygen atoms in total. The van der Waals surface area contributed by atoms with Crippen molar-refractivity contribution in [2.45, 2.75) is 12.8 Å². The van der Waals surface area contributed by atoms with Gasteiger partial charge in [0.15, 0.2) is 0 Å². The highest BCUT2D eigenvalue weighted by Gasteiger charge is 1.96. The van der Waals surface area contributed by atoms with E-state index in [0.717, 1.165) is 10.7 Å². The van der Waals surface area contributed by atoms with Gasteiger partial charge in [0.1, 0.15) is 5.78 Å². The molecule has 0 amide bonds. The summed E-state index contributed by atoms with van der Waals surface area (Å²) in [5, 5.41) is 1.56. The third-order valence-electron chi connectivity index (χ3n) is 0.894. The zero-order valence-electron chi connectivity index (χ0n) is 5.93. The summed E-state index contributed by atoms with van der Waals surface area (Å²) in [4.78, 5) is 10.6. The number of carbonyl (C=O) groups is 1. The molecule has 0 aliphatic carbocycles. The summed E-state index contributed by atoms with van der Waals surface area (Å²) in [6.45, 7) is 0. The number of hydrogen-bond donors (Lipinski definition) is 0. The van der Waals surface area contributed by atoms with Crippen molar-refractivity contribution in [1.82, 2.24) is 0 Å². The summed E-state index contributed by atoms with van der Waals surface area (Å²) in [6, 6.07) is 0. The smallest absolute Gasteiger partial charge is 0.210 e. The SMILES string of the molecule is O=C(CC=S(=O)=O)CC=S(=O)=O. The van der Waals surface area contributed by atoms with E-state index in [2.05, 4.69) is 0 Å². The Balaban J connectivity index is 4.10. The predicted molar refractivity (Wildman–Crippen MR) is 44.2 cm³/mol. The number of rotatable bonds is 4. The van der Waals surface area contributed by atoms with Crippen LogP contribution in [0.4, 0.5) is 0 Å². The Morgan fingerprint density at radius 1 is 0.917 bits per heavy atom. The molecular weight excluding hydrogens is 204 g/mol. The van der Waals surface area contributed by atoms with Crippen LogP contribution >= 0.6 is 0 Å². The van der Waals surface area contributed by atoms with Crippen LogP contribution in [0, 0.1) is 0 Å². The molecule has 0 heterocycles. The van der Waals surface area contributed by atoms with Crippen molar-refractivity contribution >= 4 is 37.1 Å². The summed E-state index contributed by atoms with van der Waals surface area (Å²) in [7, 11) is -4.73. The van der Waals surface area contributed by atoms with Gasteiger partial charge in [-0.15, -0.1) is 0 Å². The number of carbonyl (C=O) groups excluding carboxylic acids is 1. The first-order valence-electron chi connectivity index (χ1n) is 2.87. The van der Waals surface area contributed by atoms with E-state index in [1.54, 1.807) is 0 Å². The molecule has 0 spiro atoms.